The first kappa shape index (κ1) is 24.3. The number of carbonyl (C=O) groups is 2. The number of aliphatic carboxylic acids is 1. The Balaban J connectivity index is 1.95. The molecule has 0 saturated carbocycles. The number of ether oxygens (including phenoxy) is 1. The molecule has 1 aliphatic heterocycles. The molecule has 2 aromatic carbocycles. The van der Waals surface area contributed by atoms with Crippen LogP contribution in [0.25, 0.3) is 0 Å². The van der Waals surface area contributed by atoms with Gasteiger partial charge in [0.2, 0.25) is 0 Å². The Morgan fingerprint density at radius 1 is 1.24 bits per heavy atom. The highest BCUT2D eigenvalue weighted by Gasteiger charge is 2.66. The number of benzene rings is 2. The van der Waals surface area contributed by atoms with Crippen molar-refractivity contribution in [3.8, 4) is 0 Å². The molecular weight excluding hydrogens is 471 g/mol. The number of piperazine rings is 1. The first-order chi connectivity index (χ1) is 15.5. The number of alkyl halides is 3. The highest BCUT2D eigenvalue weighted by molar-refractivity contribution is 6.31. The number of carbonyl (C=O) groups excluding carboxylic acids is 1. The molecule has 1 saturated heterocycles. The molecule has 176 valence electrons. The summed E-state index contributed by atoms with van der Waals surface area (Å²) in [5, 5.41) is 21.1. The minimum atomic E-state index is -5.17. The van der Waals surface area contributed by atoms with E-state index in [1.54, 1.807) is 30.3 Å². The lowest BCUT2D eigenvalue weighted by Gasteiger charge is -2.44. The molecule has 2 aromatic rings. The van der Waals surface area contributed by atoms with Gasteiger partial charge in [0, 0.05) is 11.1 Å². The summed E-state index contributed by atoms with van der Waals surface area (Å²) in [6.45, 7) is -3.21. The molecule has 13 heteroatoms. The number of carboxylic acids is 1. The molecule has 1 aliphatic rings. The number of amides is 1. The maximum atomic E-state index is 14.1. The van der Waals surface area contributed by atoms with Gasteiger partial charge < -0.3 is 14.7 Å². The van der Waals surface area contributed by atoms with Crippen molar-refractivity contribution < 1.29 is 42.0 Å². The number of rotatable bonds is 5. The van der Waals surface area contributed by atoms with Gasteiger partial charge in [-0.15, -0.1) is 17.7 Å². The highest BCUT2D eigenvalue weighted by atomic mass is 35.5. The number of nitro benzene ring substituents is 1. The lowest BCUT2D eigenvalue weighted by molar-refractivity contribution is -0.969. The Hall–Kier alpha value is -3.38. The maximum Gasteiger partial charge on any atom is 0.571 e. The van der Waals surface area contributed by atoms with Gasteiger partial charge in [-0.25, -0.2) is 4.79 Å². The van der Waals surface area contributed by atoms with Crippen LogP contribution in [0.15, 0.2) is 48.5 Å². The van der Waals surface area contributed by atoms with Crippen LogP contribution < -0.4 is 4.90 Å². The number of hydrogen-bond acceptors (Lipinski definition) is 6. The molecule has 2 atom stereocenters. The fourth-order valence-corrected chi connectivity index (χ4v) is 3.81. The van der Waals surface area contributed by atoms with E-state index < -0.39 is 65.7 Å². The quantitative estimate of drug-likeness (QED) is 0.291. The van der Waals surface area contributed by atoms with E-state index in [-0.39, 0.29) is 10.7 Å². The molecule has 0 aromatic heterocycles. The molecular formula is C20H18ClF3N3O6+. The molecule has 0 radical (unpaired) electrons. The summed E-state index contributed by atoms with van der Waals surface area (Å²) in [6.07, 6.45) is -6.83. The first-order valence-corrected chi connectivity index (χ1v) is 9.92. The van der Waals surface area contributed by atoms with Crippen LogP contribution in [0.3, 0.4) is 0 Å². The Kier molecular flexibility index (Phi) is 6.79. The molecule has 2 unspecified atom stereocenters. The number of nitro groups is 1. The molecule has 0 bridgehead atoms. The van der Waals surface area contributed by atoms with Crippen molar-refractivity contribution in [2.45, 2.75) is 18.9 Å². The Morgan fingerprint density at radius 2 is 1.91 bits per heavy atom. The van der Waals surface area contributed by atoms with E-state index in [0.717, 1.165) is 17.0 Å². The Bertz CT molecular complexity index is 1070. The van der Waals surface area contributed by atoms with Gasteiger partial charge in [0.1, 0.15) is 25.4 Å². The zero-order valence-corrected chi connectivity index (χ0v) is 17.6. The van der Waals surface area contributed by atoms with E-state index in [0.29, 0.717) is 5.56 Å². The number of halogens is 4. The summed E-state index contributed by atoms with van der Waals surface area (Å²) in [4.78, 5) is 36.2. The molecule has 1 N–H and O–H groups in total. The molecule has 3 rings (SSSR count). The number of anilines is 1. The number of hydrogen-bond donors (Lipinski definition) is 1. The zero-order valence-electron chi connectivity index (χ0n) is 16.9. The smallest absolute Gasteiger partial charge is 0.480 e. The van der Waals surface area contributed by atoms with E-state index in [9.17, 15) is 38.0 Å². The van der Waals surface area contributed by atoms with Crippen LogP contribution in [-0.4, -0.2) is 58.6 Å². The average Bonchev–Trinajstić information content (AvgIpc) is 2.76. The molecule has 0 spiro atoms. The van der Waals surface area contributed by atoms with Gasteiger partial charge in [0.25, 0.3) is 5.69 Å². The molecule has 1 amide bonds. The van der Waals surface area contributed by atoms with Gasteiger partial charge in [-0.2, -0.15) is 4.79 Å². The fraction of sp³-hybridized carbons (Fsp3) is 0.300. The zero-order chi connectivity index (χ0) is 24.4. The normalized spacial score (nSPS) is 20.8. The minimum Gasteiger partial charge on any atom is -0.480 e. The summed E-state index contributed by atoms with van der Waals surface area (Å²) in [5.41, 5.74) is -0.323. The van der Waals surface area contributed by atoms with Crippen LogP contribution in [0.2, 0.25) is 5.02 Å². The average molecular weight is 489 g/mol. The van der Waals surface area contributed by atoms with Crippen LogP contribution >= 0.6 is 11.6 Å². The second-order valence-corrected chi connectivity index (χ2v) is 7.76. The third-order valence-corrected chi connectivity index (χ3v) is 5.59. The Labute approximate surface area is 190 Å². The summed E-state index contributed by atoms with van der Waals surface area (Å²) < 4.78 is 45.1. The van der Waals surface area contributed by atoms with Crippen molar-refractivity contribution in [3.05, 3.63) is 69.2 Å². The SMILES string of the molecule is O=C(O)C1C[N+](C(=O)OCc2ccccc2)(C(F)(F)F)CCN1c1cc(Cl)ccc1[N+](=O)[O-]. The van der Waals surface area contributed by atoms with Gasteiger partial charge in [-0.3, -0.25) is 10.1 Å². The number of nitrogens with zero attached hydrogens (tertiary/aromatic N) is 3. The second kappa shape index (κ2) is 9.24. The highest BCUT2D eigenvalue weighted by Crippen LogP contribution is 2.39. The van der Waals surface area contributed by atoms with Crippen LogP contribution in [-0.2, 0) is 16.1 Å². The van der Waals surface area contributed by atoms with Crippen LogP contribution in [0.4, 0.5) is 29.3 Å². The van der Waals surface area contributed by atoms with E-state index in [2.05, 4.69) is 0 Å². The summed E-state index contributed by atoms with van der Waals surface area (Å²) >= 11 is 5.89. The second-order valence-electron chi connectivity index (χ2n) is 7.32. The molecule has 1 heterocycles. The predicted molar refractivity (Wildman–Crippen MR) is 110 cm³/mol. The maximum absolute atomic E-state index is 14.1. The first-order valence-electron chi connectivity index (χ1n) is 9.55. The minimum absolute atomic E-state index is 0.0316. The number of quaternary nitrogens is 1. The van der Waals surface area contributed by atoms with Crippen molar-refractivity contribution in [2.75, 3.05) is 24.5 Å². The predicted octanol–water partition coefficient (Wildman–Crippen LogP) is 4.19. The van der Waals surface area contributed by atoms with E-state index >= 15 is 0 Å². The van der Waals surface area contributed by atoms with Crippen LogP contribution in [0, 0.1) is 10.1 Å². The topological polar surface area (TPSA) is 110 Å². The summed E-state index contributed by atoms with van der Waals surface area (Å²) in [6, 6.07) is 9.47. The third kappa shape index (κ3) is 4.86. The largest absolute Gasteiger partial charge is 0.571 e. The van der Waals surface area contributed by atoms with Crippen LogP contribution in [0.5, 0.6) is 0 Å². The van der Waals surface area contributed by atoms with Gasteiger partial charge >= 0.3 is 18.4 Å². The standard InChI is InChI=1S/C20H17ClF3N3O6/c21-14-6-7-15(26(31)32)16(10-14)25-8-9-27(20(22,23)24,11-17(25)18(28)29)19(30)33-12-13-4-2-1-3-5-13/h1-7,10,17H,8-9,11-12H2/p+1. The van der Waals surface area contributed by atoms with Crippen LogP contribution in [0.1, 0.15) is 5.56 Å². The van der Waals surface area contributed by atoms with Crippen molar-refractivity contribution in [3.63, 3.8) is 0 Å². The summed E-state index contributed by atoms with van der Waals surface area (Å²) in [7, 11) is 0. The van der Waals surface area contributed by atoms with Crippen molar-refractivity contribution in [1.82, 2.24) is 0 Å². The van der Waals surface area contributed by atoms with Crippen molar-refractivity contribution in [2.24, 2.45) is 0 Å². The van der Waals surface area contributed by atoms with E-state index in [1.165, 1.54) is 6.07 Å². The molecule has 1 fully saturated rings. The van der Waals surface area contributed by atoms with Gasteiger partial charge in [0.15, 0.2) is 6.04 Å². The molecule has 33 heavy (non-hydrogen) atoms. The Morgan fingerprint density at radius 3 is 2.48 bits per heavy atom. The monoisotopic (exact) mass is 488 g/mol. The lowest BCUT2D eigenvalue weighted by Crippen LogP contribution is -2.72. The van der Waals surface area contributed by atoms with Crippen molar-refractivity contribution in [1.29, 1.82) is 0 Å². The molecule has 0 aliphatic carbocycles. The van der Waals surface area contributed by atoms with E-state index in [1.807, 2.05) is 0 Å². The van der Waals surface area contributed by atoms with Gasteiger partial charge in [0.05, 0.1) is 11.5 Å². The third-order valence-electron chi connectivity index (χ3n) is 5.35. The lowest BCUT2D eigenvalue weighted by atomic mass is 10.1. The number of carboxylic acid groups (broad SMARTS) is 1. The van der Waals surface area contributed by atoms with Gasteiger partial charge in [-0.1, -0.05) is 41.9 Å². The van der Waals surface area contributed by atoms with Gasteiger partial charge in [-0.05, 0) is 17.7 Å². The summed E-state index contributed by atoms with van der Waals surface area (Å²) in [5.74, 6) is -1.69. The van der Waals surface area contributed by atoms with E-state index in [4.69, 9.17) is 16.3 Å². The van der Waals surface area contributed by atoms with Crippen molar-refractivity contribution >= 4 is 35.0 Å². The molecule has 9 nitrogen and oxygen atoms in total. The fourth-order valence-electron chi connectivity index (χ4n) is 3.64.